The molecule has 0 saturated heterocycles. The topological polar surface area (TPSA) is 66.8 Å². The molecule has 1 unspecified atom stereocenters. The molecule has 100 valence electrons. The maximum absolute atomic E-state index is 11.0. The predicted octanol–water partition coefficient (Wildman–Crippen LogP) is 2.82. The van der Waals surface area contributed by atoms with Crippen molar-refractivity contribution in [2.75, 3.05) is 6.61 Å². The van der Waals surface area contributed by atoms with E-state index in [2.05, 4.69) is 0 Å². The van der Waals surface area contributed by atoms with Gasteiger partial charge in [0.15, 0.2) is 0 Å². The van der Waals surface area contributed by atoms with Gasteiger partial charge < -0.3 is 14.9 Å². The monoisotopic (exact) mass is 272 g/mol. The molecule has 0 aromatic heterocycles. The van der Waals surface area contributed by atoms with Gasteiger partial charge in [0.1, 0.15) is 17.9 Å². The van der Waals surface area contributed by atoms with Gasteiger partial charge in [-0.1, -0.05) is 25.4 Å². The van der Waals surface area contributed by atoms with Gasteiger partial charge in [0.25, 0.3) is 0 Å². The lowest BCUT2D eigenvalue weighted by Gasteiger charge is -2.27. The fourth-order valence-electron chi connectivity index (χ4n) is 1.18. The van der Waals surface area contributed by atoms with E-state index in [1.165, 1.54) is 18.2 Å². The minimum Gasteiger partial charge on any atom is -0.490 e. The van der Waals surface area contributed by atoms with Crippen molar-refractivity contribution < 1.29 is 19.7 Å². The molecule has 2 N–H and O–H groups in total. The highest BCUT2D eigenvalue weighted by Gasteiger charge is 2.26. The smallest absolute Gasteiger partial charge is 0.339 e. The molecule has 1 aromatic rings. The van der Waals surface area contributed by atoms with Gasteiger partial charge >= 0.3 is 5.97 Å². The zero-order valence-electron chi connectivity index (χ0n) is 10.6. The largest absolute Gasteiger partial charge is 0.490 e. The first kappa shape index (κ1) is 14.8. The van der Waals surface area contributed by atoms with E-state index in [0.717, 1.165) is 0 Å². The second kappa shape index (κ2) is 5.59. The van der Waals surface area contributed by atoms with Crippen molar-refractivity contribution >= 4 is 17.6 Å². The summed E-state index contributed by atoms with van der Waals surface area (Å²) in [6, 6.07) is 4.30. The number of halogens is 1. The Morgan fingerprint density at radius 2 is 2.11 bits per heavy atom. The van der Waals surface area contributed by atoms with Crippen molar-refractivity contribution in [2.45, 2.75) is 26.4 Å². The van der Waals surface area contributed by atoms with E-state index in [0.29, 0.717) is 5.02 Å². The number of carbonyl (C=O) groups is 1. The summed E-state index contributed by atoms with van der Waals surface area (Å²) in [5.74, 6) is -0.938. The van der Waals surface area contributed by atoms with E-state index in [4.69, 9.17) is 21.4 Å². The molecule has 18 heavy (non-hydrogen) atoms. The fraction of sp³-hybridized carbons (Fsp3) is 0.462. The van der Waals surface area contributed by atoms with Gasteiger partial charge in [-0.25, -0.2) is 4.79 Å². The van der Waals surface area contributed by atoms with Crippen LogP contribution in [0, 0.1) is 5.92 Å². The van der Waals surface area contributed by atoms with Gasteiger partial charge in [-0.05, 0) is 31.0 Å². The van der Waals surface area contributed by atoms with Crippen LogP contribution < -0.4 is 4.74 Å². The molecule has 0 aliphatic carbocycles. The summed E-state index contributed by atoms with van der Waals surface area (Å²) >= 11 is 5.80. The van der Waals surface area contributed by atoms with Crippen molar-refractivity contribution in [1.29, 1.82) is 0 Å². The Kier molecular flexibility index (Phi) is 4.59. The summed E-state index contributed by atoms with van der Waals surface area (Å²) < 4.78 is 5.39. The Labute approximate surface area is 111 Å². The molecule has 0 fully saturated rings. The molecule has 1 atom stereocenters. The summed E-state index contributed by atoms with van der Waals surface area (Å²) in [5.41, 5.74) is -1.00. The highest BCUT2D eigenvalue weighted by molar-refractivity contribution is 6.30. The standard InChI is InChI=1S/C13H17ClO4/c1-8(2)13(3,17)7-18-11-6-9(14)4-5-10(11)12(15)16/h4-6,8,17H,7H2,1-3H3,(H,15,16). The third-order valence-corrected chi connectivity index (χ3v) is 3.17. The number of carboxylic acids is 1. The molecule has 5 heteroatoms. The van der Waals surface area contributed by atoms with Crippen LogP contribution in [0.3, 0.4) is 0 Å². The molecule has 0 aliphatic rings. The third kappa shape index (κ3) is 3.62. The fourth-order valence-corrected chi connectivity index (χ4v) is 1.34. The molecule has 0 radical (unpaired) electrons. The molecular weight excluding hydrogens is 256 g/mol. The Morgan fingerprint density at radius 1 is 1.50 bits per heavy atom. The second-order valence-electron chi connectivity index (χ2n) is 4.75. The van der Waals surface area contributed by atoms with Crippen LogP contribution in [0.15, 0.2) is 18.2 Å². The molecule has 0 spiro atoms. The first-order chi connectivity index (χ1) is 8.24. The Bertz CT molecular complexity index is 441. The Hall–Kier alpha value is -1.26. The SMILES string of the molecule is CC(C)C(C)(O)COc1cc(Cl)ccc1C(=O)O. The molecule has 4 nitrogen and oxygen atoms in total. The van der Waals surface area contributed by atoms with Crippen LogP contribution in [-0.2, 0) is 0 Å². The zero-order chi connectivity index (χ0) is 13.9. The van der Waals surface area contributed by atoms with Crippen molar-refractivity contribution in [1.82, 2.24) is 0 Å². The molecule has 0 amide bonds. The number of ether oxygens (including phenoxy) is 1. The van der Waals surface area contributed by atoms with Crippen LogP contribution in [-0.4, -0.2) is 28.4 Å². The van der Waals surface area contributed by atoms with E-state index in [1.54, 1.807) is 6.92 Å². The minimum atomic E-state index is -1.09. The van der Waals surface area contributed by atoms with E-state index in [-0.39, 0.29) is 23.8 Å². The van der Waals surface area contributed by atoms with Crippen LogP contribution in [0.25, 0.3) is 0 Å². The number of benzene rings is 1. The van der Waals surface area contributed by atoms with Crippen LogP contribution in [0.4, 0.5) is 0 Å². The Morgan fingerprint density at radius 3 is 2.61 bits per heavy atom. The number of aliphatic hydroxyl groups is 1. The summed E-state index contributed by atoms with van der Waals surface area (Å²) in [6.07, 6.45) is 0. The van der Waals surface area contributed by atoms with Crippen molar-refractivity contribution in [3.05, 3.63) is 28.8 Å². The van der Waals surface area contributed by atoms with Crippen LogP contribution in [0.1, 0.15) is 31.1 Å². The number of hydrogen-bond donors (Lipinski definition) is 2. The number of carboxylic acid groups (broad SMARTS) is 1. The highest BCUT2D eigenvalue weighted by Crippen LogP contribution is 2.25. The van der Waals surface area contributed by atoms with Gasteiger partial charge in [0, 0.05) is 5.02 Å². The Balaban J connectivity index is 2.90. The first-order valence-electron chi connectivity index (χ1n) is 5.62. The quantitative estimate of drug-likeness (QED) is 0.865. The van der Waals surface area contributed by atoms with Crippen LogP contribution in [0.2, 0.25) is 5.02 Å². The molecule has 1 aromatic carbocycles. The number of aromatic carboxylic acids is 1. The average Bonchev–Trinajstić information content (AvgIpc) is 2.26. The number of rotatable bonds is 5. The summed E-state index contributed by atoms with van der Waals surface area (Å²) in [6.45, 7) is 5.37. The summed E-state index contributed by atoms with van der Waals surface area (Å²) in [4.78, 5) is 11.0. The van der Waals surface area contributed by atoms with Crippen LogP contribution in [0.5, 0.6) is 5.75 Å². The molecular formula is C13H17ClO4. The van der Waals surface area contributed by atoms with Crippen LogP contribution >= 0.6 is 11.6 Å². The lowest BCUT2D eigenvalue weighted by Crippen LogP contribution is -2.38. The van der Waals surface area contributed by atoms with E-state index < -0.39 is 11.6 Å². The van der Waals surface area contributed by atoms with E-state index >= 15 is 0 Å². The molecule has 0 bridgehead atoms. The van der Waals surface area contributed by atoms with Gasteiger partial charge in [0.2, 0.25) is 0 Å². The van der Waals surface area contributed by atoms with Gasteiger partial charge in [-0.3, -0.25) is 0 Å². The van der Waals surface area contributed by atoms with Gasteiger partial charge in [-0.15, -0.1) is 0 Å². The molecule has 0 aliphatic heterocycles. The average molecular weight is 273 g/mol. The zero-order valence-corrected chi connectivity index (χ0v) is 11.4. The first-order valence-corrected chi connectivity index (χ1v) is 6.00. The molecule has 0 saturated carbocycles. The lowest BCUT2D eigenvalue weighted by molar-refractivity contribution is -0.0269. The maximum atomic E-state index is 11.0. The summed E-state index contributed by atoms with van der Waals surface area (Å²) in [5, 5.41) is 19.4. The predicted molar refractivity (Wildman–Crippen MR) is 69.4 cm³/mol. The maximum Gasteiger partial charge on any atom is 0.339 e. The lowest BCUT2D eigenvalue weighted by atomic mass is 9.94. The van der Waals surface area contributed by atoms with E-state index in [1.807, 2.05) is 13.8 Å². The van der Waals surface area contributed by atoms with Gasteiger partial charge in [0.05, 0.1) is 5.60 Å². The van der Waals surface area contributed by atoms with Crippen molar-refractivity contribution in [3.63, 3.8) is 0 Å². The third-order valence-electron chi connectivity index (χ3n) is 2.94. The van der Waals surface area contributed by atoms with Crippen molar-refractivity contribution in [2.24, 2.45) is 5.92 Å². The van der Waals surface area contributed by atoms with Gasteiger partial charge in [-0.2, -0.15) is 0 Å². The number of hydrogen-bond acceptors (Lipinski definition) is 3. The van der Waals surface area contributed by atoms with Crippen molar-refractivity contribution in [3.8, 4) is 5.75 Å². The minimum absolute atomic E-state index is 0.00525. The molecule has 1 rings (SSSR count). The second-order valence-corrected chi connectivity index (χ2v) is 5.18. The molecule has 0 heterocycles. The van der Waals surface area contributed by atoms with E-state index in [9.17, 15) is 9.90 Å². The normalized spacial score (nSPS) is 14.3. The highest BCUT2D eigenvalue weighted by atomic mass is 35.5. The summed E-state index contributed by atoms with van der Waals surface area (Å²) in [7, 11) is 0.